The summed E-state index contributed by atoms with van der Waals surface area (Å²) in [5, 5.41) is 8.40. The molecule has 1 aliphatic carbocycles. The van der Waals surface area contributed by atoms with E-state index in [-0.39, 0.29) is 5.91 Å². The summed E-state index contributed by atoms with van der Waals surface area (Å²) in [6.45, 7) is 2.71. The fourth-order valence-electron chi connectivity index (χ4n) is 3.72. The average Bonchev–Trinajstić information content (AvgIpc) is 3.16. The van der Waals surface area contributed by atoms with E-state index in [0.717, 1.165) is 55.5 Å². The molecule has 1 saturated carbocycles. The van der Waals surface area contributed by atoms with Crippen molar-refractivity contribution in [2.45, 2.75) is 38.6 Å². The van der Waals surface area contributed by atoms with E-state index in [9.17, 15) is 4.79 Å². The molecular formula is C20H26N4O2. The van der Waals surface area contributed by atoms with Gasteiger partial charge in [0.2, 0.25) is 5.91 Å². The molecule has 2 aliphatic rings. The van der Waals surface area contributed by atoms with Crippen molar-refractivity contribution in [2.75, 3.05) is 20.2 Å². The third kappa shape index (κ3) is 4.06. The molecule has 1 aliphatic heterocycles. The maximum absolute atomic E-state index is 12.6. The van der Waals surface area contributed by atoms with Gasteiger partial charge in [-0.05, 0) is 48.8 Å². The molecule has 4 rings (SSSR count). The van der Waals surface area contributed by atoms with Gasteiger partial charge in [-0.15, -0.1) is 10.2 Å². The second-order valence-electron chi connectivity index (χ2n) is 7.57. The molecule has 26 heavy (non-hydrogen) atoms. The van der Waals surface area contributed by atoms with Gasteiger partial charge in [0.05, 0.1) is 13.5 Å². The highest BCUT2D eigenvalue weighted by molar-refractivity contribution is 5.79. The Morgan fingerprint density at radius 3 is 2.96 bits per heavy atom. The molecule has 2 fully saturated rings. The summed E-state index contributed by atoms with van der Waals surface area (Å²) < 4.78 is 7.45. The number of ether oxygens (including phenoxy) is 1. The van der Waals surface area contributed by atoms with E-state index in [4.69, 9.17) is 4.74 Å². The minimum absolute atomic E-state index is 0.195. The Morgan fingerprint density at radius 1 is 1.27 bits per heavy atom. The highest BCUT2D eigenvalue weighted by Gasteiger charge is 2.28. The van der Waals surface area contributed by atoms with Gasteiger partial charge in [-0.2, -0.15) is 0 Å². The molecule has 2 aromatic rings. The van der Waals surface area contributed by atoms with E-state index in [1.165, 1.54) is 12.8 Å². The van der Waals surface area contributed by atoms with Crippen molar-refractivity contribution in [3.63, 3.8) is 0 Å². The van der Waals surface area contributed by atoms with Gasteiger partial charge in [0.25, 0.3) is 0 Å². The lowest BCUT2D eigenvalue weighted by Gasteiger charge is -2.17. The van der Waals surface area contributed by atoms with Gasteiger partial charge in [-0.3, -0.25) is 4.79 Å². The number of amides is 1. The van der Waals surface area contributed by atoms with Crippen LogP contribution in [0.15, 0.2) is 30.6 Å². The van der Waals surface area contributed by atoms with Gasteiger partial charge in [0.15, 0.2) is 0 Å². The number of methoxy groups -OCH3 is 1. The van der Waals surface area contributed by atoms with Crippen molar-refractivity contribution < 1.29 is 9.53 Å². The molecule has 0 spiro atoms. The van der Waals surface area contributed by atoms with E-state index < -0.39 is 0 Å². The fraction of sp³-hybridized carbons (Fsp3) is 0.550. The molecule has 1 saturated heterocycles. The summed E-state index contributed by atoms with van der Waals surface area (Å²) in [6, 6.07) is 7.75. The largest absolute Gasteiger partial charge is 0.497 e. The Balaban J connectivity index is 1.31. The molecule has 1 atom stereocenters. The Bertz CT molecular complexity index is 769. The number of rotatable bonds is 7. The highest BCUT2D eigenvalue weighted by Crippen LogP contribution is 2.31. The standard InChI is InChI=1S/C20H26N4O2/c1-26-18-4-2-3-16(9-18)11-20(25)23-8-7-17(13-23)10-19-22-21-14-24(19)12-15-5-6-15/h2-4,9,14-15,17H,5-8,10-13H2,1H3. The van der Waals surface area contributed by atoms with Crippen molar-refractivity contribution in [3.8, 4) is 5.75 Å². The molecule has 1 aromatic heterocycles. The van der Waals surface area contributed by atoms with Crippen molar-refractivity contribution >= 4 is 5.91 Å². The lowest BCUT2D eigenvalue weighted by atomic mass is 10.0. The maximum atomic E-state index is 12.6. The Labute approximate surface area is 154 Å². The van der Waals surface area contributed by atoms with E-state index in [1.807, 2.05) is 35.5 Å². The van der Waals surface area contributed by atoms with Crippen LogP contribution < -0.4 is 4.74 Å². The molecule has 1 amide bonds. The van der Waals surface area contributed by atoms with E-state index in [2.05, 4.69) is 14.8 Å². The molecule has 1 aromatic carbocycles. The number of hydrogen-bond donors (Lipinski definition) is 0. The molecule has 0 radical (unpaired) electrons. The first-order valence-corrected chi connectivity index (χ1v) is 9.48. The monoisotopic (exact) mass is 354 g/mol. The van der Waals surface area contributed by atoms with Crippen LogP contribution >= 0.6 is 0 Å². The van der Waals surface area contributed by atoms with Crippen molar-refractivity contribution in [1.82, 2.24) is 19.7 Å². The van der Waals surface area contributed by atoms with Crippen molar-refractivity contribution in [3.05, 3.63) is 42.0 Å². The molecule has 6 heteroatoms. The number of aromatic nitrogens is 3. The van der Waals surface area contributed by atoms with Crippen LogP contribution in [-0.4, -0.2) is 45.8 Å². The summed E-state index contributed by atoms with van der Waals surface area (Å²) >= 11 is 0. The van der Waals surface area contributed by atoms with Gasteiger partial charge < -0.3 is 14.2 Å². The number of carbonyl (C=O) groups is 1. The maximum Gasteiger partial charge on any atom is 0.227 e. The molecule has 138 valence electrons. The van der Waals surface area contributed by atoms with Crippen LogP contribution in [0, 0.1) is 11.8 Å². The van der Waals surface area contributed by atoms with Gasteiger partial charge in [-0.1, -0.05) is 12.1 Å². The minimum atomic E-state index is 0.195. The third-order valence-corrected chi connectivity index (χ3v) is 5.45. The second kappa shape index (κ2) is 7.48. The quantitative estimate of drug-likeness (QED) is 0.766. The Kier molecular flexibility index (Phi) is 4.91. The van der Waals surface area contributed by atoms with Crippen LogP contribution in [-0.2, 0) is 24.2 Å². The third-order valence-electron chi connectivity index (χ3n) is 5.45. The highest BCUT2D eigenvalue weighted by atomic mass is 16.5. The van der Waals surface area contributed by atoms with Gasteiger partial charge in [0, 0.05) is 26.1 Å². The van der Waals surface area contributed by atoms with E-state index in [1.54, 1.807) is 7.11 Å². The first kappa shape index (κ1) is 17.1. The zero-order chi connectivity index (χ0) is 17.9. The van der Waals surface area contributed by atoms with Gasteiger partial charge >= 0.3 is 0 Å². The van der Waals surface area contributed by atoms with Crippen LogP contribution in [0.2, 0.25) is 0 Å². The Morgan fingerprint density at radius 2 is 2.15 bits per heavy atom. The van der Waals surface area contributed by atoms with Crippen LogP contribution in [0.5, 0.6) is 5.75 Å². The SMILES string of the molecule is COc1cccc(CC(=O)N2CCC(Cc3nncn3CC3CC3)C2)c1. The second-order valence-corrected chi connectivity index (χ2v) is 7.57. The zero-order valence-corrected chi connectivity index (χ0v) is 15.3. The first-order chi connectivity index (χ1) is 12.7. The summed E-state index contributed by atoms with van der Waals surface area (Å²) in [7, 11) is 1.65. The minimum Gasteiger partial charge on any atom is -0.497 e. The first-order valence-electron chi connectivity index (χ1n) is 9.48. The summed E-state index contributed by atoms with van der Waals surface area (Å²) in [5.41, 5.74) is 1.00. The lowest BCUT2D eigenvalue weighted by molar-refractivity contribution is -0.129. The predicted octanol–water partition coefficient (Wildman–Crippen LogP) is 2.33. The number of carbonyl (C=O) groups excluding carboxylic acids is 1. The molecule has 6 nitrogen and oxygen atoms in total. The predicted molar refractivity (Wildman–Crippen MR) is 97.8 cm³/mol. The van der Waals surface area contributed by atoms with Crippen molar-refractivity contribution in [2.24, 2.45) is 11.8 Å². The summed E-state index contributed by atoms with van der Waals surface area (Å²) in [4.78, 5) is 14.6. The van der Waals surface area contributed by atoms with Crippen LogP contribution in [0.4, 0.5) is 0 Å². The zero-order valence-electron chi connectivity index (χ0n) is 15.3. The average molecular weight is 354 g/mol. The summed E-state index contributed by atoms with van der Waals surface area (Å²) in [5.74, 6) is 3.36. The number of hydrogen-bond acceptors (Lipinski definition) is 4. The number of nitrogens with zero attached hydrogens (tertiary/aromatic N) is 4. The summed E-state index contributed by atoms with van der Waals surface area (Å²) in [6.07, 6.45) is 6.90. The lowest BCUT2D eigenvalue weighted by Crippen LogP contribution is -2.30. The van der Waals surface area contributed by atoms with Gasteiger partial charge in [-0.25, -0.2) is 0 Å². The normalized spacial score (nSPS) is 19.7. The smallest absolute Gasteiger partial charge is 0.227 e. The molecule has 0 N–H and O–H groups in total. The molecule has 0 bridgehead atoms. The number of benzene rings is 1. The van der Waals surface area contributed by atoms with E-state index >= 15 is 0 Å². The molecule has 2 heterocycles. The van der Waals surface area contributed by atoms with Crippen LogP contribution in [0.3, 0.4) is 0 Å². The van der Waals surface area contributed by atoms with Crippen LogP contribution in [0.1, 0.15) is 30.7 Å². The van der Waals surface area contributed by atoms with Crippen molar-refractivity contribution in [1.29, 1.82) is 0 Å². The molecule has 1 unspecified atom stereocenters. The Hall–Kier alpha value is -2.37. The number of likely N-dealkylation sites (tertiary alicyclic amines) is 1. The molecular weight excluding hydrogens is 328 g/mol. The van der Waals surface area contributed by atoms with E-state index in [0.29, 0.717) is 12.3 Å². The van der Waals surface area contributed by atoms with Crippen LogP contribution in [0.25, 0.3) is 0 Å². The fourth-order valence-corrected chi connectivity index (χ4v) is 3.72. The van der Waals surface area contributed by atoms with Gasteiger partial charge in [0.1, 0.15) is 17.9 Å². The topological polar surface area (TPSA) is 60.2 Å².